The zero-order chi connectivity index (χ0) is 10.9. The van der Waals surface area contributed by atoms with Gasteiger partial charge in [-0.25, -0.2) is 4.79 Å². The Bertz CT molecular complexity index is 167. The van der Waals surface area contributed by atoms with Crippen LogP contribution in [0, 0.1) is 0 Å². The van der Waals surface area contributed by atoms with Gasteiger partial charge in [-0.1, -0.05) is 13.8 Å². The molecule has 0 radical (unpaired) electrons. The van der Waals surface area contributed by atoms with Crippen molar-refractivity contribution in [1.29, 1.82) is 0 Å². The highest BCUT2D eigenvalue weighted by Gasteiger charge is 2.16. The van der Waals surface area contributed by atoms with Crippen LogP contribution in [0.3, 0.4) is 0 Å². The molecule has 2 N–H and O–H groups in total. The van der Waals surface area contributed by atoms with Gasteiger partial charge < -0.3 is 10.4 Å². The first kappa shape index (κ1) is 14.8. The van der Waals surface area contributed by atoms with Gasteiger partial charge in [-0.2, -0.15) is 11.8 Å². The molecule has 1 atom stereocenters. The van der Waals surface area contributed by atoms with Crippen LogP contribution in [0.2, 0.25) is 0 Å². The van der Waals surface area contributed by atoms with Crippen LogP contribution in [-0.2, 0) is 9.59 Å². The maximum Gasteiger partial charge on any atom is 0.327 e. The quantitative estimate of drug-likeness (QED) is 0.732. The number of hydrogen-bond donors (Lipinski definition) is 2. The number of rotatable bonds is 4. The summed E-state index contributed by atoms with van der Waals surface area (Å²) in [5.74, 6) is -0.907. The summed E-state index contributed by atoms with van der Waals surface area (Å²) in [6.45, 7) is 5.30. The Morgan fingerprint density at radius 3 is 2.23 bits per heavy atom. The molecule has 13 heavy (non-hydrogen) atoms. The van der Waals surface area contributed by atoms with Crippen molar-refractivity contribution in [2.24, 2.45) is 0 Å². The number of carbonyl (C=O) groups excluding carboxylic acids is 1. The number of aliphatic carboxylic acids is 1. The largest absolute Gasteiger partial charge is 0.480 e. The molecule has 0 unspecified atom stereocenters. The average Bonchev–Trinajstić information content (AvgIpc) is 2.06. The van der Waals surface area contributed by atoms with Crippen molar-refractivity contribution in [1.82, 2.24) is 5.32 Å². The van der Waals surface area contributed by atoms with Crippen molar-refractivity contribution >= 4 is 23.6 Å². The molecule has 80 valence electrons. The first-order chi connectivity index (χ1) is 6.07. The molecule has 0 fully saturated rings. The van der Waals surface area contributed by atoms with Gasteiger partial charge in [-0.3, -0.25) is 4.79 Å². The third kappa shape index (κ3) is 9.20. The summed E-state index contributed by atoms with van der Waals surface area (Å²) in [5.41, 5.74) is 0. The normalized spacial score (nSPS) is 10.8. The molecule has 0 heterocycles. The molecule has 0 saturated heterocycles. The summed E-state index contributed by atoms with van der Waals surface area (Å²) in [7, 11) is 0. The lowest BCUT2D eigenvalue weighted by Gasteiger charge is -2.10. The monoisotopic (exact) mass is 210 g/mol. The Hall–Kier alpha value is -0.710. The van der Waals surface area contributed by atoms with Crippen LogP contribution in [0.5, 0.6) is 0 Å². The van der Waals surface area contributed by atoms with Crippen molar-refractivity contribution < 1.29 is 16.1 Å². The third-order valence-corrected chi connectivity index (χ3v) is 1.68. The molecule has 0 aromatic heterocycles. The summed E-state index contributed by atoms with van der Waals surface area (Å²) in [6.07, 6.45) is 1.79. The van der Waals surface area contributed by atoms with E-state index in [-0.39, 0.29) is 7.33 Å². The van der Waals surface area contributed by atoms with Gasteiger partial charge >= 0.3 is 5.97 Å². The highest BCUT2D eigenvalue weighted by Crippen LogP contribution is 1.96. The Kier molecular flexibility index (Phi) is 10.7. The fourth-order valence-electron chi connectivity index (χ4n) is 0.587. The molecule has 0 saturated carbocycles. The van der Waals surface area contributed by atoms with E-state index in [0.717, 1.165) is 0 Å². The second-order valence-electron chi connectivity index (χ2n) is 2.05. The van der Waals surface area contributed by atoms with Crippen molar-refractivity contribution in [3.8, 4) is 0 Å². The highest BCUT2D eigenvalue weighted by molar-refractivity contribution is 7.98. The van der Waals surface area contributed by atoms with Gasteiger partial charge in [0.2, 0.25) is 5.91 Å². The molecular formula is C8H19NO3S. The maximum atomic E-state index is 10.4. The lowest BCUT2D eigenvalue weighted by atomic mass is 10.3. The number of nitrogens with one attached hydrogen (secondary N) is 1. The molecule has 1 amide bonds. The predicted octanol–water partition coefficient (Wildman–Crippen LogP) is 1.21. The number of carbonyl (C=O) groups is 2. The molecular weight excluding hydrogens is 190 g/mol. The van der Waals surface area contributed by atoms with Gasteiger partial charge in [-0.15, -0.1) is 0 Å². The summed E-state index contributed by atoms with van der Waals surface area (Å²) >= 11 is 1.38. The van der Waals surface area contributed by atoms with Crippen LogP contribution < -0.4 is 5.32 Å². The van der Waals surface area contributed by atoms with E-state index < -0.39 is 12.0 Å². The van der Waals surface area contributed by atoms with Gasteiger partial charge in [0, 0.05) is 14.1 Å². The Labute approximate surface area is 84.6 Å². The average molecular weight is 210 g/mol. The van der Waals surface area contributed by atoms with E-state index in [1.165, 1.54) is 18.7 Å². The third-order valence-electron chi connectivity index (χ3n) is 1.01. The van der Waals surface area contributed by atoms with Crippen LogP contribution in [0.1, 0.15) is 22.2 Å². The number of thioether (sulfide) groups is 1. The van der Waals surface area contributed by atoms with E-state index >= 15 is 0 Å². The Balaban J connectivity index is -0.000000376. The minimum absolute atomic E-state index is 0. The van der Waals surface area contributed by atoms with Crippen LogP contribution in [0.15, 0.2) is 0 Å². The molecule has 0 aromatic rings. The first-order valence-electron chi connectivity index (χ1n) is 4.06. The Morgan fingerprint density at radius 2 is 2.00 bits per heavy atom. The summed E-state index contributed by atoms with van der Waals surface area (Å²) in [6, 6.07) is -0.762. The zero-order valence-corrected chi connectivity index (χ0v) is 9.27. The molecule has 0 aromatic carbocycles. The first-order valence-corrected chi connectivity index (χ1v) is 5.46. The fraction of sp³-hybridized carbons (Fsp3) is 0.750. The van der Waals surface area contributed by atoms with Crippen molar-refractivity contribution in [3.05, 3.63) is 0 Å². The molecule has 0 spiro atoms. The van der Waals surface area contributed by atoms with Gasteiger partial charge in [0.1, 0.15) is 6.04 Å². The second kappa shape index (κ2) is 9.38. The molecule has 0 aliphatic carbocycles. The summed E-state index contributed by atoms with van der Waals surface area (Å²) in [4.78, 5) is 20.8. The van der Waals surface area contributed by atoms with Crippen molar-refractivity contribution in [2.75, 3.05) is 12.0 Å². The number of carboxylic acids is 1. The van der Waals surface area contributed by atoms with Crippen molar-refractivity contribution in [3.63, 3.8) is 0 Å². The van der Waals surface area contributed by atoms with Crippen LogP contribution >= 0.6 is 11.8 Å². The maximum absolute atomic E-state index is 10.4. The zero-order valence-electron chi connectivity index (χ0n) is 8.46. The van der Waals surface area contributed by atoms with Crippen LogP contribution in [0.4, 0.5) is 0 Å². The van der Waals surface area contributed by atoms with E-state index in [1.807, 2.05) is 13.8 Å². The molecule has 0 bridgehead atoms. The van der Waals surface area contributed by atoms with Gasteiger partial charge in [0.15, 0.2) is 0 Å². The topological polar surface area (TPSA) is 66.4 Å². The van der Waals surface area contributed by atoms with E-state index in [0.29, 0.717) is 5.75 Å². The van der Waals surface area contributed by atoms with E-state index in [9.17, 15) is 9.59 Å². The smallest absolute Gasteiger partial charge is 0.327 e. The number of hydrogen-bond acceptors (Lipinski definition) is 3. The highest BCUT2D eigenvalue weighted by atomic mass is 32.2. The fourth-order valence-corrected chi connectivity index (χ4v) is 1.15. The lowest BCUT2D eigenvalue weighted by molar-refractivity contribution is -0.140. The van der Waals surface area contributed by atoms with Crippen LogP contribution in [0.25, 0.3) is 0 Å². The summed E-state index contributed by atoms with van der Waals surface area (Å²) in [5, 5.41) is 10.8. The van der Waals surface area contributed by atoms with Crippen LogP contribution in [-0.4, -0.2) is 35.0 Å². The van der Waals surface area contributed by atoms with E-state index in [2.05, 4.69) is 5.32 Å². The Morgan fingerprint density at radius 1 is 1.54 bits per heavy atom. The van der Waals surface area contributed by atoms with Gasteiger partial charge in [-0.05, 0) is 6.26 Å². The lowest BCUT2D eigenvalue weighted by Crippen LogP contribution is -2.41. The number of carboxylic acid groups (broad SMARTS) is 1. The van der Waals surface area contributed by atoms with Gasteiger partial charge in [0.25, 0.3) is 0 Å². The standard InChI is InChI=1S/C6H11NO3S.C2H6.H2/c1-4(8)7-5(3-11-2)6(9)10;1-2;/h5H,3H2,1-2H3,(H,7,8)(H,9,10);1-2H3;1H/t5-;;/m0../s1/i;;1+1. The van der Waals surface area contributed by atoms with Crippen molar-refractivity contribution in [2.45, 2.75) is 26.8 Å². The van der Waals surface area contributed by atoms with Gasteiger partial charge in [0.05, 0.1) is 0 Å². The SMILES string of the molecule is CC.CSC[C@H](NC(C)=O)C(=O)O.[2HH]. The minimum Gasteiger partial charge on any atom is -0.480 e. The molecule has 0 aliphatic rings. The molecule has 4 nitrogen and oxygen atoms in total. The van der Waals surface area contributed by atoms with E-state index in [1.54, 1.807) is 6.26 Å². The second-order valence-corrected chi connectivity index (χ2v) is 2.96. The number of amides is 1. The van der Waals surface area contributed by atoms with E-state index in [4.69, 9.17) is 5.11 Å². The predicted molar refractivity (Wildman–Crippen MR) is 57.1 cm³/mol. The minimum atomic E-state index is -0.991. The summed E-state index contributed by atoms with van der Waals surface area (Å²) < 4.78 is 0. The molecule has 5 heteroatoms. The molecule has 0 rings (SSSR count). The molecule has 0 aliphatic heterocycles.